The van der Waals surface area contributed by atoms with E-state index in [4.69, 9.17) is 0 Å². The standard InChI is InChI=1S/C15H10N2O2/c18-14(17-13-2-1-5-16-15(13)19)10-4-3-9-11-6-8(11)7-12(9)10/h1-7,11H,(H,16,19)(H,17,18). The van der Waals surface area contributed by atoms with E-state index in [0.717, 1.165) is 5.57 Å². The smallest absolute Gasteiger partial charge is 0.271 e. The van der Waals surface area contributed by atoms with Gasteiger partial charge in [0.25, 0.3) is 11.5 Å². The van der Waals surface area contributed by atoms with Gasteiger partial charge in [-0.3, -0.25) is 9.59 Å². The van der Waals surface area contributed by atoms with Crippen LogP contribution in [-0.4, -0.2) is 10.9 Å². The molecule has 1 heterocycles. The number of rotatable bonds is 2. The lowest BCUT2D eigenvalue weighted by Crippen LogP contribution is -2.21. The van der Waals surface area contributed by atoms with E-state index < -0.39 is 0 Å². The van der Waals surface area contributed by atoms with Crippen LogP contribution in [0.4, 0.5) is 5.69 Å². The number of H-pyrrole nitrogens is 1. The molecular weight excluding hydrogens is 240 g/mol. The Labute approximate surface area is 108 Å². The topological polar surface area (TPSA) is 62.0 Å². The van der Waals surface area contributed by atoms with Gasteiger partial charge >= 0.3 is 0 Å². The Kier molecular flexibility index (Phi) is 1.87. The highest BCUT2D eigenvalue weighted by Crippen LogP contribution is 2.51. The zero-order valence-electron chi connectivity index (χ0n) is 9.94. The van der Waals surface area contributed by atoms with Crippen LogP contribution in [0.1, 0.15) is 0 Å². The normalized spacial score (nSPS) is 21.8. The summed E-state index contributed by atoms with van der Waals surface area (Å²) >= 11 is 0. The Morgan fingerprint density at radius 1 is 1.32 bits per heavy atom. The minimum absolute atomic E-state index is 0.240. The second-order valence-corrected chi connectivity index (χ2v) is 4.77. The summed E-state index contributed by atoms with van der Waals surface area (Å²) in [4.78, 5) is 26.3. The Hall–Kier alpha value is -2.62. The second-order valence-electron chi connectivity index (χ2n) is 4.77. The van der Waals surface area contributed by atoms with Crippen LogP contribution in [-0.2, 0) is 4.79 Å². The molecule has 1 unspecified atom stereocenters. The zero-order chi connectivity index (χ0) is 13.0. The number of aromatic amines is 1. The summed E-state index contributed by atoms with van der Waals surface area (Å²) in [7, 11) is 0. The second kappa shape index (κ2) is 3.45. The van der Waals surface area contributed by atoms with E-state index in [1.54, 1.807) is 12.1 Å². The van der Waals surface area contributed by atoms with Gasteiger partial charge in [0.05, 0.1) is 0 Å². The Bertz CT molecular complexity index is 790. The van der Waals surface area contributed by atoms with Crippen LogP contribution in [0.25, 0.3) is 0 Å². The molecule has 0 spiro atoms. The first kappa shape index (κ1) is 10.3. The van der Waals surface area contributed by atoms with Gasteiger partial charge in [-0.1, -0.05) is 12.2 Å². The molecule has 1 amide bonds. The third kappa shape index (κ3) is 1.46. The van der Waals surface area contributed by atoms with Crippen molar-refractivity contribution in [2.24, 2.45) is 5.92 Å². The number of pyridine rings is 1. The number of aromatic nitrogens is 1. The van der Waals surface area contributed by atoms with Gasteiger partial charge in [0.15, 0.2) is 0 Å². The van der Waals surface area contributed by atoms with Crippen LogP contribution in [0.5, 0.6) is 0 Å². The van der Waals surface area contributed by atoms with Gasteiger partial charge in [-0.2, -0.15) is 0 Å². The lowest BCUT2D eigenvalue weighted by molar-refractivity contribution is -0.112. The molecule has 19 heavy (non-hydrogen) atoms. The Morgan fingerprint density at radius 2 is 2.21 bits per heavy atom. The van der Waals surface area contributed by atoms with Crippen molar-refractivity contribution in [2.45, 2.75) is 0 Å². The highest BCUT2D eigenvalue weighted by molar-refractivity contribution is 6.09. The van der Waals surface area contributed by atoms with Gasteiger partial charge < -0.3 is 10.3 Å². The summed E-state index contributed by atoms with van der Waals surface area (Å²) in [6.45, 7) is 0. The molecule has 0 radical (unpaired) electrons. The fraction of sp³-hybridized carbons (Fsp3) is 0.0667. The Balaban J connectivity index is 1.60. The quantitative estimate of drug-likeness (QED) is 0.838. The molecule has 0 aromatic carbocycles. The lowest BCUT2D eigenvalue weighted by atomic mass is 10.0. The molecule has 3 aliphatic carbocycles. The van der Waals surface area contributed by atoms with Gasteiger partial charge in [-0.25, -0.2) is 0 Å². The van der Waals surface area contributed by atoms with Crippen LogP contribution >= 0.6 is 0 Å². The molecule has 0 saturated heterocycles. The fourth-order valence-electron chi connectivity index (χ4n) is 2.57. The molecule has 4 nitrogen and oxygen atoms in total. The van der Waals surface area contributed by atoms with Crippen molar-refractivity contribution >= 4 is 11.6 Å². The van der Waals surface area contributed by atoms with Crippen LogP contribution in [0.15, 0.2) is 69.7 Å². The van der Waals surface area contributed by atoms with E-state index >= 15 is 0 Å². The first-order chi connectivity index (χ1) is 9.24. The van der Waals surface area contributed by atoms with Crippen molar-refractivity contribution < 1.29 is 4.79 Å². The largest absolute Gasteiger partial charge is 0.327 e. The van der Waals surface area contributed by atoms with Gasteiger partial charge in [-0.05, 0) is 41.0 Å². The third-order valence-corrected chi connectivity index (χ3v) is 3.60. The van der Waals surface area contributed by atoms with E-state index in [1.807, 2.05) is 18.2 Å². The number of allylic oxidation sites excluding steroid dienone is 6. The van der Waals surface area contributed by atoms with Gasteiger partial charge in [0.1, 0.15) is 5.69 Å². The predicted octanol–water partition coefficient (Wildman–Crippen LogP) is 1.68. The highest BCUT2D eigenvalue weighted by Gasteiger charge is 2.39. The van der Waals surface area contributed by atoms with Crippen LogP contribution < -0.4 is 10.9 Å². The minimum atomic E-state index is -0.298. The molecule has 1 aromatic rings. The average molecular weight is 250 g/mol. The molecule has 3 aliphatic rings. The van der Waals surface area contributed by atoms with Crippen molar-refractivity contribution in [1.82, 2.24) is 4.98 Å². The van der Waals surface area contributed by atoms with Gasteiger partial charge in [0.2, 0.25) is 0 Å². The number of hydrogen-bond acceptors (Lipinski definition) is 2. The maximum absolute atomic E-state index is 12.2. The summed E-state index contributed by atoms with van der Waals surface area (Å²) in [5.41, 5.74) is 4.08. The van der Waals surface area contributed by atoms with Crippen molar-refractivity contribution in [1.29, 1.82) is 0 Å². The molecule has 0 saturated carbocycles. The fourth-order valence-corrected chi connectivity index (χ4v) is 2.57. The first-order valence-corrected chi connectivity index (χ1v) is 6.09. The molecule has 92 valence electrons. The first-order valence-electron chi connectivity index (χ1n) is 6.09. The molecule has 0 aliphatic heterocycles. The number of amides is 1. The van der Waals surface area contributed by atoms with E-state index in [9.17, 15) is 9.59 Å². The lowest BCUT2D eigenvalue weighted by Gasteiger charge is -2.07. The maximum atomic E-state index is 12.2. The third-order valence-electron chi connectivity index (χ3n) is 3.60. The average Bonchev–Trinajstić information content (AvgIpc) is 2.89. The molecule has 1 aromatic heterocycles. The summed E-state index contributed by atoms with van der Waals surface area (Å²) in [5.74, 6) is 0.188. The van der Waals surface area contributed by atoms with Gasteiger partial charge in [0, 0.05) is 17.7 Å². The summed E-state index contributed by atoms with van der Waals surface area (Å²) < 4.78 is 0. The number of hydrogen-bond donors (Lipinski definition) is 2. The van der Waals surface area contributed by atoms with E-state index in [0.29, 0.717) is 11.5 Å². The van der Waals surface area contributed by atoms with Crippen molar-refractivity contribution in [3.05, 3.63) is 75.3 Å². The van der Waals surface area contributed by atoms with Crippen molar-refractivity contribution in [2.75, 3.05) is 5.32 Å². The number of nitrogens with one attached hydrogen (secondary N) is 2. The van der Waals surface area contributed by atoms with Gasteiger partial charge in [-0.15, -0.1) is 0 Å². The monoisotopic (exact) mass is 250 g/mol. The number of carbonyl (C=O) groups is 1. The molecular formula is C15H10N2O2. The number of anilines is 1. The summed E-state index contributed by atoms with van der Waals surface area (Å²) in [6, 6.07) is 3.27. The molecule has 4 rings (SSSR count). The molecule has 1 atom stereocenters. The van der Waals surface area contributed by atoms with Crippen LogP contribution in [0.2, 0.25) is 0 Å². The van der Waals surface area contributed by atoms with E-state index in [-0.39, 0.29) is 17.2 Å². The molecule has 0 fully saturated rings. The van der Waals surface area contributed by atoms with E-state index in [1.165, 1.54) is 17.3 Å². The van der Waals surface area contributed by atoms with Crippen LogP contribution in [0, 0.1) is 5.92 Å². The predicted molar refractivity (Wildman–Crippen MR) is 71.5 cm³/mol. The molecule has 0 bridgehead atoms. The molecule has 4 heteroatoms. The van der Waals surface area contributed by atoms with E-state index in [2.05, 4.69) is 16.4 Å². The molecule has 2 N–H and O–H groups in total. The minimum Gasteiger partial charge on any atom is -0.327 e. The number of carbonyl (C=O) groups excluding carboxylic acids is 1. The maximum Gasteiger partial charge on any atom is 0.271 e. The van der Waals surface area contributed by atoms with Crippen molar-refractivity contribution in [3.8, 4) is 0 Å². The Morgan fingerprint density at radius 3 is 3.05 bits per heavy atom. The summed E-state index contributed by atoms with van der Waals surface area (Å²) in [5, 5.41) is 2.65. The summed E-state index contributed by atoms with van der Waals surface area (Å²) in [6.07, 6.45) is 9.55. The SMILES string of the molecule is O=C(Nc1ccc[nH]c1=O)C1=CC=C2C1=CC1=CC12. The van der Waals surface area contributed by atoms with Crippen molar-refractivity contribution in [3.63, 3.8) is 0 Å². The zero-order valence-corrected chi connectivity index (χ0v) is 9.94. The number of fused-ring (bicyclic) bond motifs is 3. The highest BCUT2D eigenvalue weighted by atomic mass is 16.2. The van der Waals surface area contributed by atoms with Crippen LogP contribution in [0.3, 0.4) is 0 Å².